The fourth-order valence-electron chi connectivity index (χ4n) is 6.72. The number of nitrogens with zero attached hydrogens (tertiary/aromatic N) is 3. The number of urea groups is 1. The van der Waals surface area contributed by atoms with Gasteiger partial charge in [0, 0.05) is 43.9 Å². The Kier molecular flexibility index (Phi) is 7.21. The second-order valence-corrected chi connectivity index (χ2v) is 11.4. The summed E-state index contributed by atoms with van der Waals surface area (Å²) in [6, 6.07) is 21.4. The molecule has 3 aliphatic heterocycles. The third kappa shape index (κ3) is 5.17. The minimum Gasteiger partial charge on any atom is -0.494 e. The first-order chi connectivity index (χ1) is 19.9. The number of rotatable bonds is 8. The molecule has 0 radical (unpaired) electrons. The summed E-state index contributed by atoms with van der Waals surface area (Å²) in [5.41, 5.74) is 1.11. The summed E-state index contributed by atoms with van der Waals surface area (Å²) in [7, 11) is 0. The van der Waals surface area contributed by atoms with Gasteiger partial charge in [-0.15, -0.1) is 0 Å². The Bertz CT molecular complexity index is 1520. The number of nitrogens with one attached hydrogen (secondary N) is 1. The normalized spacial score (nSPS) is 24.1. The van der Waals surface area contributed by atoms with Crippen molar-refractivity contribution in [3.63, 3.8) is 0 Å². The van der Waals surface area contributed by atoms with Crippen LogP contribution in [0, 0.1) is 11.3 Å². The number of aromatic nitrogens is 1. The fourth-order valence-corrected chi connectivity index (χ4v) is 6.72. The summed E-state index contributed by atoms with van der Waals surface area (Å²) >= 11 is 0. The van der Waals surface area contributed by atoms with E-state index in [9.17, 15) is 19.2 Å². The van der Waals surface area contributed by atoms with E-state index in [0.29, 0.717) is 32.0 Å². The number of fused-ring (bicyclic) bond motifs is 4. The van der Waals surface area contributed by atoms with Gasteiger partial charge >= 0.3 is 6.03 Å². The molecule has 1 unspecified atom stereocenters. The Hall–Kier alpha value is -4.24. The lowest BCUT2D eigenvalue weighted by Gasteiger charge is -2.47. The number of likely N-dealkylation sites (tertiary alicyclic amines) is 1. The van der Waals surface area contributed by atoms with Gasteiger partial charge < -0.3 is 14.2 Å². The molecule has 9 heteroatoms. The number of piperidine rings is 1. The van der Waals surface area contributed by atoms with E-state index < -0.39 is 23.3 Å². The lowest BCUT2D eigenvalue weighted by molar-refractivity contribution is -0.154. The molecule has 2 bridgehead atoms. The fraction of sp³-hybridized carbons (Fsp3) is 0.375. The molecule has 9 nitrogen and oxygen atoms in total. The number of carbonyl (C=O) groups is 3. The molecule has 3 aromatic rings. The summed E-state index contributed by atoms with van der Waals surface area (Å²) in [4.78, 5) is 57.0. The molecule has 2 fully saturated rings. The first-order valence-corrected chi connectivity index (χ1v) is 14.2. The number of barbiturate groups is 1. The van der Waals surface area contributed by atoms with Gasteiger partial charge in [0.2, 0.25) is 11.8 Å². The van der Waals surface area contributed by atoms with Crippen LogP contribution in [0.1, 0.15) is 36.1 Å². The van der Waals surface area contributed by atoms with E-state index in [-0.39, 0.29) is 36.9 Å². The van der Waals surface area contributed by atoms with Crippen LogP contribution < -0.4 is 15.6 Å². The highest BCUT2D eigenvalue weighted by Crippen LogP contribution is 2.38. The van der Waals surface area contributed by atoms with Crippen molar-refractivity contribution in [2.75, 3.05) is 26.2 Å². The minimum absolute atomic E-state index is 0.00882. The lowest BCUT2D eigenvalue weighted by atomic mass is 9.75. The molecule has 2 aromatic carbocycles. The first-order valence-electron chi connectivity index (χ1n) is 14.2. The molecule has 4 heterocycles. The summed E-state index contributed by atoms with van der Waals surface area (Å²) in [6.07, 6.45) is 1.11. The first kappa shape index (κ1) is 27.0. The Morgan fingerprint density at radius 1 is 0.878 bits per heavy atom. The predicted molar refractivity (Wildman–Crippen MR) is 152 cm³/mol. The van der Waals surface area contributed by atoms with Crippen molar-refractivity contribution in [1.82, 2.24) is 19.7 Å². The van der Waals surface area contributed by atoms with Gasteiger partial charge in [-0.05, 0) is 55.0 Å². The molecule has 41 heavy (non-hydrogen) atoms. The van der Waals surface area contributed by atoms with Crippen LogP contribution in [0.3, 0.4) is 0 Å². The SMILES string of the molecule is CCOc1ccc(CC2(CN3C[C@H]4C[C@@H](C3)c3cccc(=O)n3C4)C(=O)NC(=O)N(Cc3ccccc3)C2=O)cc1. The van der Waals surface area contributed by atoms with Crippen LogP contribution in [0.4, 0.5) is 4.79 Å². The summed E-state index contributed by atoms with van der Waals surface area (Å²) < 4.78 is 7.45. The number of pyridine rings is 1. The standard InChI is InChI=1S/C32H34N4O5/c1-2-41-26-13-11-22(12-14-26)16-32(29(38)33-31(40)36(30(32)39)18-23-7-4-3-5-8-23)21-34-17-24-15-25(20-34)27-9-6-10-28(37)35(27)19-24/h3-14,24-25H,2,15-21H2,1H3,(H,33,38,40)/t24-,25+,32?/m1/s1. The van der Waals surface area contributed by atoms with Crippen LogP contribution in [-0.4, -0.2) is 58.5 Å². The number of benzene rings is 2. The molecule has 0 spiro atoms. The molecule has 6 rings (SSSR count). The van der Waals surface area contributed by atoms with Crippen molar-refractivity contribution in [3.8, 4) is 5.75 Å². The quantitative estimate of drug-likeness (QED) is 0.430. The Morgan fingerprint density at radius 3 is 2.41 bits per heavy atom. The average molecular weight is 555 g/mol. The Labute approximate surface area is 238 Å². The van der Waals surface area contributed by atoms with E-state index in [1.54, 1.807) is 12.1 Å². The van der Waals surface area contributed by atoms with Gasteiger partial charge in [-0.1, -0.05) is 48.5 Å². The predicted octanol–water partition coefficient (Wildman–Crippen LogP) is 3.17. The Morgan fingerprint density at radius 2 is 1.66 bits per heavy atom. The van der Waals surface area contributed by atoms with Crippen molar-refractivity contribution in [2.45, 2.75) is 38.8 Å². The number of carbonyl (C=O) groups excluding carboxylic acids is 3. The van der Waals surface area contributed by atoms with E-state index in [1.165, 1.54) is 4.90 Å². The van der Waals surface area contributed by atoms with Crippen molar-refractivity contribution in [3.05, 3.63) is 100.0 Å². The minimum atomic E-state index is -1.50. The number of hydrogen-bond donors (Lipinski definition) is 1. The van der Waals surface area contributed by atoms with Crippen LogP contribution in [0.15, 0.2) is 77.6 Å². The van der Waals surface area contributed by atoms with Gasteiger partial charge in [-0.25, -0.2) is 4.79 Å². The highest BCUT2D eigenvalue weighted by Gasteiger charge is 2.55. The number of ether oxygens (including phenoxy) is 1. The van der Waals surface area contributed by atoms with E-state index in [2.05, 4.69) is 10.2 Å². The van der Waals surface area contributed by atoms with Crippen LogP contribution in [0.25, 0.3) is 0 Å². The van der Waals surface area contributed by atoms with Crippen molar-refractivity contribution < 1.29 is 19.1 Å². The summed E-state index contributed by atoms with van der Waals surface area (Å²) in [5, 5.41) is 2.52. The highest BCUT2D eigenvalue weighted by molar-refractivity contribution is 6.19. The molecule has 4 amide bonds. The topological polar surface area (TPSA) is 101 Å². The third-order valence-corrected chi connectivity index (χ3v) is 8.53. The van der Waals surface area contributed by atoms with Crippen LogP contribution in [0.2, 0.25) is 0 Å². The van der Waals surface area contributed by atoms with E-state index in [4.69, 9.17) is 4.74 Å². The van der Waals surface area contributed by atoms with Gasteiger partial charge in [-0.2, -0.15) is 0 Å². The Balaban J connectivity index is 1.34. The largest absolute Gasteiger partial charge is 0.494 e. The average Bonchev–Trinajstić information content (AvgIpc) is 2.96. The molecule has 3 atom stereocenters. The molecule has 212 valence electrons. The van der Waals surface area contributed by atoms with E-state index in [0.717, 1.165) is 23.2 Å². The zero-order valence-electron chi connectivity index (χ0n) is 23.1. The maximum atomic E-state index is 14.4. The molecule has 2 saturated heterocycles. The maximum Gasteiger partial charge on any atom is 0.331 e. The third-order valence-electron chi connectivity index (χ3n) is 8.53. The van der Waals surface area contributed by atoms with Gasteiger partial charge in [0.05, 0.1) is 13.2 Å². The van der Waals surface area contributed by atoms with Crippen LogP contribution in [0.5, 0.6) is 5.75 Å². The van der Waals surface area contributed by atoms with Gasteiger partial charge in [0.1, 0.15) is 11.2 Å². The molecule has 1 N–H and O–H groups in total. The van der Waals surface area contributed by atoms with Gasteiger partial charge in [-0.3, -0.25) is 24.6 Å². The number of hydrogen-bond acceptors (Lipinski definition) is 6. The summed E-state index contributed by atoms with van der Waals surface area (Å²) in [5.74, 6) is 0.00757. The molecule has 0 aliphatic carbocycles. The van der Waals surface area contributed by atoms with E-state index in [1.807, 2.05) is 72.2 Å². The van der Waals surface area contributed by atoms with Crippen LogP contribution >= 0.6 is 0 Å². The highest BCUT2D eigenvalue weighted by atomic mass is 16.5. The van der Waals surface area contributed by atoms with E-state index >= 15 is 0 Å². The smallest absolute Gasteiger partial charge is 0.331 e. The number of amides is 4. The van der Waals surface area contributed by atoms with Gasteiger partial charge in [0.15, 0.2) is 0 Å². The second-order valence-electron chi connectivity index (χ2n) is 11.4. The zero-order chi connectivity index (χ0) is 28.6. The van der Waals surface area contributed by atoms with Crippen molar-refractivity contribution in [1.29, 1.82) is 0 Å². The molecular weight excluding hydrogens is 520 g/mol. The summed E-state index contributed by atoms with van der Waals surface area (Å²) in [6.45, 7) is 4.60. The van der Waals surface area contributed by atoms with Gasteiger partial charge in [0.25, 0.3) is 5.56 Å². The maximum absolute atomic E-state index is 14.4. The lowest BCUT2D eigenvalue weighted by Crippen LogP contribution is -2.67. The zero-order valence-corrected chi connectivity index (χ0v) is 23.1. The second kappa shape index (κ2) is 11.0. The monoisotopic (exact) mass is 554 g/mol. The van der Waals surface area contributed by atoms with Crippen molar-refractivity contribution in [2.24, 2.45) is 11.3 Å². The molecular formula is C32H34N4O5. The molecule has 0 saturated carbocycles. The number of imide groups is 2. The molecule has 1 aromatic heterocycles. The van der Waals surface area contributed by atoms with Crippen molar-refractivity contribution >= 4 is 17.8 Å². The van der Waals surface area contributed by atoms with Crippen LogP contribution in [-0.2, 0) is 29.1 Å². The molecule has 3 aliphatic rings.